The molecule has 11 atom stereocenters. The van der Waals surface area contributed by atoms with Gasteiger partial charge in [-0.3, -0.25) is 0 Å². The Bertz CT molecular complexity index is 649. The van der Waals surface area contributed by atoms with Crippen molar-refractivity contribution in [2.75, 3.05) is 0 Å². The van der Waals surface area contributed by atoms with Crippen molar-refractivity contribution in [2.45, 2.75) is 77.2 Å². The third-order valence-electron chi connectivity index (χ3n) is 10.6. The van der Waals surface area contributed by atoms with Crippen molar-refractivity contribution >= 4 is 0 Å². The molecule has 0 aromatic carbocycles. The van der Waals surface area contributed by atoms with Crippen LogP contribution < -0.4 is 5.73 Å². The maximum atomic E-state index is 6.66. The molecule has 6 rings (SSSR count). The van der Waals surface area contributed by atoms with Gasteiger partial charge in [-0.1, -0.05) is 37.6 Å². The predicted molar refractivity (Wildman–Crippen MR) is 112 cm³/mol. The normalized spacial score (nSPS) is 58.6. The van der Waals surface area contributed by atoms with Crippen LogP contribution in [0.15, 0.2) is 24.3 Å². The molecule has 0 saturated heterocycles. The first kappa shape index (κ1) is 17.3. The Balaban J connectivity index is 1.53. The number of hydrogen-bond donors (Lipinski definition) is 1. The molecule has 6 aliphatic rings. The van der Waals surface area contributed by atoms with Gasteiger partial charge in [-0.2, -0.15) is 0 Å². The molecule has 1 heteroatoms. The second-order valence-corrected chi connectivity index (χ2v) is 11.4. The average Bonchev–Trinajstić information content (AvgIpc) is 3.14. The van der Waals surface area contributed by atoms with E-state index in [0.717, 1.165) is 53.3 Å². The molecule has 10 unspecified atom stereocenters. The van der Waals surface area contributed by atoms with Crippen LogP contribution >= 0.6 is 0 Å². The lowest BCUT2D eigenvalue weighted by Crippen LogP contribution is -2.47. The highest BCUT2D eigenvalue weighted by molar-refractivity contribution is 5.26. The fourth-order valence-electron chi connectivity index (χ4n) is 10.1. The minimum Gasteiger partial charge on any atom is -0.328 e. The molecule has 0 radical (unpaired) electrons. The minimum atomic E-state index is 0.471. The monoisotopic (exact) mass is 365 g/mol. The summed E-state index contributed by atoms with van der Waals surface area (Å²) >= 11 is 0. The number of rotatable bonds is 0. The topological polar surface area (TPSA) is 26.0 Å². The molecule has 4 fully saturated rings. The Morgan fingerprint density at radius 1 is 0.741 bits per heavy atom. The second kappa shape index (κ2) is 6.22. The number of nitrogens with two attached hydrogens (primary N) is 1. The van der Waals surface area contributed by atoms with Gasteiger partial charge in [-0.15, -0.1) is 0 Å². The van der Waals surface area contributed by atoms with Gasteiger partial charge in [0.15, 0.2) is 0 Å². The Hall–Kier alpha value is -0.560. The van der Waals surface area contributed by atoms with Crippen LogP contribution in [-0.2, 0) is 0 Å². The van der Waals surface area contributed by atoms with Gasteiger partial charge in [0, 0.05) is 6.04 Å². The van der Waals surface area contributed by atoms with Gasteiger partial charge in [0.2, 0.25) is 0 Å². The van der Waals surface area contributed by atoms with Crippen molar-refractivity contribution in [3.63, 3.8) is 0 Å². The first-order valence-corrected chi connectivity index (χ1v) is 12.3. The van der Waals surface area contributed by atoms with Gasteiger partial charge in [-0.05, 0) is 116 Å². The summed E-state index contributed by atoms with van der Waals surface area (Å²) < 4.78 is 0. The van der Waals surface area contributed by atoms with E-state index < -0.39 is 0 Å². The van der Waals surface area contributed by atoms with E-state index in [9.17, 15) is 0 Å². The first-order valence-electron chi connectivity index (χ1n) is 12.3. The van der Waals surface area contributed by atoms with E-state index in [1.54, 1.807) is 0 Å². The lowest BCUT2D eigenvalue weighted by molar-refractivity contribution is -0.0203. The van der Waals surface area contributed by atoms with Crippen molar-refractivity contribution in [3.8, 4) is 0 Å². The summed E-state index contributed by atoms with van der Waals surface area (Å²) in [6.45, 7) is 2.55. The standard InChI is InChI=1S/C26H39N/c1-16-10-12-20-18-6-2-4-8-22(18)26(24(20)14-16)23-9-5-3-7-19(23)21-13-11-17(27)15-25(21)26/h3-4,7-8,16-25H,2,5-6,9-15,27H2,1H3/t16?,17?,18?,19?,20?,21-,22?,23?,24?,25?,26?/m0/s1. The summed E-state index contributed by atoms with van der Waals surface area (Å²) in [4.78, 5) is 0. The van der Waals surface area contributed by atoms with Gasteiger partial charge in [0.25, 0.3) is 0 Å². The van der Waals surface area contributed by atoms with Gasteiger partial charge in [0.1, 0.15) is 0 Å². The van der Waals surface area contributed by atoms with E-state index >= 15 is 0 Å². The van der Waals surface area contributed by atoms with E-state index in [0.29, 0.717) is 11.5 Å². The van der Waals surface area contributed by atoms with E-state index in [2.05, 4.69) is 31.2 Å². The zero-order valence-corrected chi connectivity index (χ0v) is 17.2. The molecular formula is C26H39N. The molecular weight excluding hydrogens is 326 g/mol. The van der Waals surface area contributed by atoms with Gasteiger partial charge < -0.3 is 5.73 Å². The molecule has 0 aromatic heterocycles. The van der Waals surface area contributed by atoms with Crippen LogP contribution in [-0.4, -0.2) is 6.04 Å². The van der Waals surface area contributed by atoms with Crippen molar-refractivity contribution in [1.29, 1.82) is 0 Å². The van der Waals surface area contributed by atoms with Crippen LogP contribution in [0.25, 0.3) is 0 Å². The molecule has 0 aliphatic heterocycles. The van der Waals surface area contributed by atoms with E-state index in [1.807, 2.05) is 0 Å². The number of allylic oxidation sites excluding steroid dienone is 4. The lowest BCUT2D eigenvalue weighted by atomic mass is 9.53. The van der Waals surface area contributed by atoms with Crippen LogP contribution in [0, 0.1) is 58.7 Å². The molecule has 1 nitrogen and oxygen atoms in total. The number of hydrogen-bond acceptors (Lipinski definition) is 1. The lowest BCUT2D eigenvalue weighted by Gasteiger charge is -2.51. The Morgan fingerprint density at radius 3 is 2.44 bits per heavy atom. The van der Waals surface area contributed by atoms with Crippen LogP contribution in [0.1, 0.15) is 71.1 Å². The largest absolute Gasteiger partial charge is 0.328 e. The third kappa shape index (κ3) is 2.21. The average molecular weight is 366 g/mol. The van der Waals surface area contributed by atoms with Gasteiger partial charge in [0.05, 0.1) is 0 Å². The first-order chi connectivity index (χ1) is 13.2. The maximum absolute atomic E-state index is 6.66. The Morgan fingerprint density at radius 2 is 1.52 bits per heavy atom. The van der Waals surface area contributed by atoms with Crippen LogP contribution in [0.3, 0.4) is 0 Å². The highest BCUT2D eigenvalue weighted by Crippen LogP contribution is 2.76. The zero-order valence-electron chi connectivity index (χ0n) is 17.2. The highest BCUT2D eigenvalue weighted by atomic mass is 14.8. The quantitative estimate of drug-likeness (QED) is 0.527. The van der Waals surface area contributed by atoms with Crippen molar-refractivity contribution in [3.05, 3.63) is 24.3 Å². The molecule has 148 valence electrons. The second-order valence-electron chi connectivity index (χ2n) is 11.4. The fraction of sp³-hybridized carbons (Fsp3) is 0.846. The maximum Gasteiger partial charge on any atom is 0.00418 e. The summed E-state index contributed by atoms with van der Waals surface area (Å²) in [6.07, 6.45) is 24.8. The summed E-state index contributed by atoms with van der Waals surface area (Å²) in [5, 5.41) is 0. The van der Waals surface area contributed by atoms with Crippen molar-refractivity contribution in [2.24, 2.45) is 64.4 Å². The minimum absolute atomic E-state index is 0.471. The van der Waals surface area contributed by atoms with E-state index in [4.69, 9.17) is 5.73 Å². The Kier molecular flexibility index (Phi) is 3.99. The van der Waals surface area contributed by atoms with E-state index in [1.165, 1.54) is 64.2 Å². The molecule has 0 heterocycles. The summed E-state index contributed by atoms with van der Waals surface area (Å²) in [5.41, 5.74) is 7.25. The molecule has 0 aromatic rings. The SMILES string of the molecule is CC1CCC2C3CCC=CC3C3(C2C1)C1CCC=CC1[C@@H]1CCC(N)CC13. The third-order valence-corrected chi connectivity index (χ3v) is 10.6. The molecule has 6 aliphatic carbocycles. The smallest absolute Gasteiger partial charge is 0.00418 e. The highest BCUT2D eigenvalue weighted by Gasteiger charge is 2.71. The van der Waals surface area contributed by atoms with Gasteiger partial charge >= 0.3 is 0 Å². The zero-order chi connectivity index (χ0) is 18.2. The van der Waals surface area contributed by atoms with Gasteiger partial charge in [-0.25, -0.2) is 0 Å². The molecule has 0 amide bonds. The molecule has 0 bridgehead atoms. The van der Waals surface area contributed by atoms with Crippen molar-refractivity contribution < 1.29 is 0 Å². The Labute approximate surface area is 166 Å². The van der Waals surface area contributed by atoms with Crippen LogP contribution in [0.4, 0.5) is 0 Å². The summed E-state index contributed by atoms with van der Waals surface area (Å²) in [6, 6.07) is 0.471. The molecule has 27 heavy (non-hydrogen) atoms. The molecule has 1 spiro atoms. The molecule has 4 saturated carbocycles. The number of fused-ring (bicyclic) bond motifs is 10. The van der Waals surface area contributed by atoms with Crippen LogP contribution in [0.5, 0.6) is 0 Å². The molecule has 2 N–H and O–H groups in total. The predicted octanol–water partition coefficient (Wildman–Crippen LogP) is 5.96. The van der Waals surface area contributed by atoms with Crippen molar-refractivity contribution in [1.82, 2.24) is 0 Å². The summed E-state index contributed by atoms with van der Waals surface area (Å²) in [5.74, 6) is 8.54. The fourth-order valence-corrected chi connectivity index (χ4v) is 10.1. The summed E-state index contributed by atoms with van der Waals surface area (Å²) in [7, 11) is 0. The van der Waals surface area contributed by atoms with E-state index in [-0.39, 0.29) is 0 Å². The van der Waals surface area contributed by atoms with Crippen LogP contribution in [0.2, 0.25) is 0 Å².